The van der Waals surface area contributed by atoms with Crippen molar-refractivity contribution in [2.45, 2.75) is 31.8 Å². The number of benzene rings is 1. The smallest absolute Gasteiger partial charge is 0.251 e. The van der Waals surface area contributed by atoms with Crippen LogP contribution in [0.4, 0.5) is 4.39 Å². The molecule has 1 aliphatic heterocycles. The van der Waals surface area contributed by atoms with E-state index < -0.39 is 6.10 Å². The summed E-state index contributed by atoms with van der Waals surface area (Å²) in [7, 11) is 0. The number of hydrogen-bond donors (Lipinski definition) is 3. The Hall–Kier alpha value is -2.41. The van der Waals surface area contributed by atoms with Gasteiger partial charge in [0.05, 0.1) is 6.54 Å². The van der Waals surface area contributed by atoms with Gasteiger partial charge in [0, 0.05) is 30.2 Å². The van der Waals surface area contributed by atoms with E-state index in [1.165, 1.54) is 17.0 Å². The van der Waals surface area contributed by atoms with Crippen LogP contribution in [0.3, 0.4) is 0 Å². The number of amides is 2. The van der Waals surface area contributed by atoms with Gasteiger partial charge < -0.3 is 20.3 Å². The lowest BCUT2D eigenvalue weighted by molar-refractivity contribution is -0.142. The molecule has 0 radical (unpaired) electrons. The average Bonchev–Trinajstić information content (AvgIpc) is 2.91. The molecule has 2 heterocycles. The fraction of sp³-hybridized carbons (Fsp3) is 0.444. The van der Waals surface area contributed by atoms with Crippen LogP contribution in [-0.2, 0) is 16.0 Å². The summed E-state index contributed by atoms with van der Waals surface area (Å²) in [5, 5.41) is 13.4. The number of aromatic nitrogens is 1. The molecule has 1 aliphatic rings. The third-order valence-electron chi connectivity index (χ3n) is 4.53. The first kappa shape index (κ1) is 17.4. The number of rotatable bonds is 5. The summed E-state index contributed by atoms with van der Waals surface area (Å²) >= 11 is 0. The van der Waals surface area contributed by atoms with Crippen molar-refractivity contribution in [3.05, 3.63) is 35.8 Å². The number of carbonyl (C=O) groups is 2. The Morgan fingerprint density at radius 2 is 2.24 bits per heavy atom. The van der Waals surface area contributed by atoms with Crippen molar-refractivity contribution >= 4 is 22.7 Å². The highest BCUT2D eigenvalue weighted by atomic mass is 19.1. The maximum Gasteiger partial charge on any atom is 0.251 e. The minimum Gasteiger partial charge on any atom is -0.383 e. The first-order chi connectivity index (χ1) is 12.0. The van der Waals surface area contributed by atoms with Crippen LogP contribution >= 0.6 is 0 Å². The Kier molecular flexibility index (Phi) is 5.33. The number of nitrogens with zero attached hydrogens (tertiary/aromatic N) is 1. The summed E-state index contributed by atoms with van der Waals surface area (Å²) in [5.41, 5.74) is 1.72. The maximum absolute atomic E-state index is 13.2. The minimum absolute atomic E-state index is 0.0327. The number of nitrogens with one attached hydrogen (secondary N) is 2. The van der Waals surface area contributed by atoms with E-state index in [2.05, 4.69) is 10.3 Å². The van der Waals surface area contributed by atoms with E-state index in [0.29, 0.717) is 25.9 Å². The number of fused-ring (bicyclic) bond motifs is 1. The van der Waals surface area contributed by atoms with Gasteiger partial charge in [0.1, 0.15) is 11.9 Å². The summed E-state index contributed by atoms with van der Waals surface area (Å²) in [4.78, 5) is 28.5. The van der Waals surface area contributed by atoms with Crippen molar-refractivity contribution in [2.24, 2.45) is 0 Å². The molecule has 1 aromatic carbocycles. The second kappa shape index (κ2) is 7.65. The Balaban J connectivity index is 1.51. The number of aliphatic hydroxyl groups excluding tert-OH is 1. The van der Waals surface area contributed by atoms with Crippen LogP contribution in [0, 0.1) is 5.82 Å². The van der Waals surface area contributed by atoms with Gasteiger partial charge in [-0.2, -0.15) is 0 Å². The lowest BCUT2D eigenvalue weighted by Crippen LogP contribution is -2.44. The molecule has 25 heavy (non-hydrogen) atoms. The van der Waals surface area contributed by atoms with Crippen LogP contribution in [0.1, 0.15) is 24.8 Å². The third kappa shape index (κ3) is 4.17. The van der Waals surface area contributed by atoms with Crippen LogP contribution in [0.2, 0.25) is 0 Å². The summed E-state index contributed by atoms with van der Waals surface area (Å²) in [6.07, 6.45) is 3.45. The number of H-pyrrole nitrogens is 1. The molecule has 2 amide bonds. The Bertz CT molecular complexity index is 774. The molecule has 2 aromatic rings. The average molecular weight is 347 g/mol. The zero-order chi connectivity index (χ0) is 17.8. The van der Waals surface area contributed by atoms with E-state index in [0.717, 1.165) is 29.3 Å². The summed E-state index contributed by atoms with van der Waals surface area (Å²) in [6, 6.07) is 4.57. The van der Waals surface area contributed by atoms with Gasteiger partial charge in [-0.15, -0.1) is 0 Å². The topological polar surface area (TPSA) is 85.4 Å². The van der Waals surface area contributed by atoms with Crippen molar-refractivity contribution in [2.75, 3.05) is 19.6 Å². The molecular formula is C18H22FN3O3. The molecule has 3 rings (SSSR count). The zero-order valence-corrected chi connectivity index (χ0v) is 13.9. The molecule has 134 valence electrons. The third-order valence-corrected chi connectivity index (χ3v) is 4.53. The molecule has 0 spiro atoms. The van der Waals surface area contributed by atoms with Gasteiger partial charge in [0.2, 0.25) is 5.91 Å². The SMILES string of the molecule is O=C(CN1CCCCC(O)C1=O)NCCc1c[nH]c2cc(F)ccc12. The number of likely N-dealkylation sites (tertiary alicyclic amines) is 1. The van der Waals surface area contributed by atoms with E-state index in [1.54, 1.807) is 6.07 Å². The molecule has 1 unspecified atom stereocenters. The molecule has 6 nitrogen and oxygen atoms in total. The molecular weight excluding hydrogens is 325 g/mol. The fourth-order valence-electron chi connectivity index (χ4n) is 3.17. The summed E-state index contributed by atoms with van der Waals surface area (Å²) < 4.78 is 13.2. The highest BCUT2D eigenvalue weighted by Gasteiger charge is 2.26. The van der Waals surface area contributed by atoms with E-state index in [1.807, 2.05) is 6.20 Å². The standard InChI is InChI=1S/C18H22FN3O3/c19-13-4-5-14-12(10-21-15(14)9-13)6-7-20-17(24)11-22-8-2-1-3-16(23)18(22)25/h4-5,9-10,16,21,23H,1-3,6-8,11H2,(H,20,24). The van der Waals surface area contributed by atoms with E-state index in [4.69, 9.17) is 0 Å². The van der Waals surface area contributed by atoms with Crippen LogP contribution < -0.4 is 5.32 Å². The van der Waals surface area contributed by atoms with Gasteiger partial charge in [-0.05, 0) is 49.4 Å². The van der Waals surface area contributed by atoms with Crippen molar-refractivity contribution in [3.8, 4) is 0 Å². The van der Waals surface area contributed by atoms with E-state index in [9.17, 15) is 19.1 Å². The predicted molar refractivity (Wildman–Crippen MR) is 91.4 cm³/mol. The highest BCUT2D eigenvalue weighted by molar-refractivity contribution is 5.87. The largest absolute Gasteiger partial charge is 0.383 e. The number of halogens is 1. The van der Waals surface area contributed by atoms with Gasteiger partial charge in [0.25, 0.3) is 5.91 Å². The number of aliphatic hydroxyl groups is 1. The first-order valence-electron chi connectivity index (χ1n) is 8.53. The molecule has 3 N–H and O–H groups in total. The Morgan fingerprint density at radius 1 is 1.40 bits per heavy atom. The van der Waals surface area contributed by atoms with Crippen molar-refractivity contribution in [1.82, 2.24) is 15.2 Å². The summed E-state index contributed by atoms with van der Waals surface area (Å²) in [6.45, 7) is 0.889. The second-order valence-electron chi connectivity index (χ2n) is 6.38. The highest BCUT2D eigenvalue weighted by Crippen LogP contribution is 2.19. The molecule has 0 bridgehead atoms. The van der Waals surface area contributed by atoms with Crippen LogP contribution in [-0.4, -0.2) is 52.5 Å². The molecule has 1 aromatic heterocycles. The number of hydrogen-bond acceptors (Lipinski definition) is 3. The molecule has 1 fully saturated rings. The van der Waals surface area contributed by atoms with Crippen LogP contribution in [0.25, 0.3) is 10.9 Å². The maximum atomic E-state index is 13.2. The van der Waals surface area contributed by atoms with E-state index in [-0.39, 0.29) is 24.2 Å². The quantitative estimate of drug-likeness (QED) is 0.763. The molecule has 7 heteroatoms. The first-order valence-corrected chi connectivity index (χ1v) is 8.53. The van der Waals surface area contributed by atoms with Gasteiger partial charge >= 0.3 is 0 Å². The molecule has 0 saturated carbocycles. The zero-order valence-electron chi connectivity index (χ0n) is 13.9. The monoisotopic (exact) mass is 347 g/mol. The second-order valence-corrected chi connectivity index (χ2v) is 6.38. The van der Waals surface area contributed by atoms with Crippen LogP contribution in [0.5, 0.6) is 0 Å². The van der Waals surface area contributed by atoms with E-state index >= 15 is 0 Å². The lowest BCUT2D eigenvalue weighted by Gasteiger charge is -2.21. The predicted octanol–water partition coefficient (Wildman–Crippen LogP) is 1.34. The lowest BCUT2D eigenvalue weighted by atomic mass is 10.1. The minimum atomic E-state index is -0.998. The van der Waals surface area contributed by atoms with Gasteiger partial charge in [-0.3, -0.25) is 9.59 Å². The van der Waals surface area contributed by atoms with Crippen LogP contribution in [0.15, 0.2) is 24.4 Å². The van der Waals surface area contributed by atoms with Crippen molar-refractivity contribution in [3.63, 3.8) is 0 Å². The Morgan fingerprint density at radius 3 is 3.08 bits per heavy atom. The fourth-order valence-corrected chi connectivity index (χ4v) is 3.17. The van der Waals surface area contributed by atoms with Gasteiger partial charge in [0.15, 0.2) is 0 Å². The number of carbonyl (C=O) groups excluding carboxylic acids is 2. The Labute approximate surface area is 145 Å². The normalized spacial score (nSPS) is 18.4. The van der Waals surface area contributed by atoms with Gasteiger partial charge in [-0.25, -0.2) is 4.39 Å². The van der Waals surface area contributed by atoms with Gasteiger partial charge in [-0.1, -0.05) is 0 Å². The molecule has 1 saturated heterocycles. The number of aromatic amines is 1. The van der Waals surface area contributed by atoms with Crippen molar-refractivity contribution in [1.29, 1.82) is 0 Å². The molecule has 1 atom stereocenters. The van der Waals surface area contributed by atoms with Crippen molar-refractivity contribution < 1.29 is 19.1 Å². The summed E-state index contributed by atoms with van der Waals surface area (Å²) in [5.74, 6) is -0.904. The molecule has 0 aliphatic carbocycles.